The largest absolute Gasteiger partial charge is 0.337 e. The molecular formula is C16H26N4O. The number of nitrogens with one attached hydrogen (secondary N) is 1. The molecule has 1 N–H and O–H groups in total. The number of aromatic nitrogens is 2. The van der Waals surface area contributed by atoms with Crippen molar-refractivity contribution >= 4 is 5.91 Å². The van der Waals surface area contributed by atoms with Crippen LogP contribution in [0.2, 0.25) is 0 Å². The Morgan fingerprint density at radius 3 is 2.81 bits per heavy atom. The summed E-state index contributed by atoms with van der Waals surface area (Å²) in [6.45, 7) is 8.49. The average Bonchev–Trinajstić information content (AvgIpc) is 2.53. The second-order valence-electron chi connectivity index (χ2n) is 5.69. The molecule has 0 saturated carbocycles. The van der Waals surface area contributed by atoms with Gasteiger partial charge in [-0.2, -0.15) is 10.2 Å². The van der Waals surface area contributed by atoms with E-state index in [1.807, 2.05) is 31.7 Å². The molecule has 1 aliphatic rings. The highest BCUT2D eigenvalue weighted by Crippen LogP contribution is 2.14. The summed E-state index contributed by atoms with van der Waals surface area (Å²) in [5.41, 5.74) is 2.30. The number of nitrogens with zero attached hydrogens (tertiary/aromatic N) is 3. The van der Waals surface area contributed by atoms with Crippen molar-refractivity contribution in [2.45, 2.75) is 52.5 Å². The smallest absolute Gasteiger partial charge is 0.255 e. The summed E-state index contributed by atoms with van der Waals surface area (Å²) in [4.78, 5) is 14.7. The predicted octanol–water partition coefficient (Wildman–Crippen LogP) is 1.95. The molecular weight excluding hydrogens is 264 g/mol. The van der Waals surface area contributed by atoms with Crippen LogP contribution in [0.5, 0.6) is 0 Å². The van der Waals surface area contributed by atoms with Crippen molar-refractivity contribution in [3.05, 3.63) is 23.0 Å². The molecule has 1 unspecified atom stereocenters. The summed E-state index contributed by atoms with van der Waals surface area (Å²) in [6, 6.07) is 2.29. The Morgan fingerprint density at radius 1 is 1.38 bits per heavy atom. The number of piperidine rings is 1. The molecule has 1 saturated heterocycles. The molecule has 5 nitrogen and oxygen atoms in total. The summed E-state index contributed by atoms with van der Waals surface area (Å²) >= 11 is 0. The first-order chi connectivity index (χ1) is 10.2. The normalized spacial score (nSPS) is 18.5. The Morgan fingerprint density at radius 2 is 2.19 bits per heavy atom. The van der Waals surface area contributed by atoms with Gasteiger partial charge in [-0.05, 0) is 45.7 Å². The Bertz CT molecular complexity index is 483. The van der Waals surface area contributed by atoms with E-state index in [0.29, 0.717) is 11.6 Å². The second-order valence-corrected chi connectivity index (χ2v) is 5.69. The number of likely N-dealkylation sites (N-methyl/N-ethyl adjacent to an activating group) is 1. The van der Waals surface area contributed by atoms with Crippen molar-refractivity contribution in [2.75, 3.05) is 19.6 Å². The number of aryl methyl sites for hydroxylation is 2. The highest BCUT2D eigenvalue weighted by Gasteiger charge is 2.22. The van der Waals surface area contributed by atoms with Gasteiger partial charge in [0.2, 0.25) is 0 Å². The Balaban J connectivity index is 2.13. The molecule has 116 valence electrons. The minimum Gasteiger partial charge on any atom is -0.337 e. The topological polar surface area (TPSA) is 58.1 Å². The van der Waals surface area contributed by atoms with Gasteiger partial charge in [0.05, 0.1) is 17.0 Å². The van der Waals surface area contributed by atoms with E-state index in [4.69, 9.17) is 0 Å². The number of hydrogen-bond donors (Lipinski definition) is 1. The van der Waals surface area contributed by atoms with E-state index in [2.05, 4.69) is 15.5 Å². The number of amides is 1. The summed E-state index contributed by atoms with van der Waals surface area (Å²) in [7, 11) is 0. The number of carbonyl (C=O) groups is 1. The lowest BCUT2D eigenvalue weighted by molar-refractivity contribution is 0.0739. The lowest BCUT2D eigenvalue weighted by Crippen LogP contribution is -2.46. The number of carbonyl (C=O) groups excluding carboxylic acids is 1. The van der Waals surface area contributed by atoms with Crippen LogP contribution in [-0.2, 0) is 6.42 Å². The van der Waals surface area contributed by atoms with Gasteiger partial charge in [-0.1, -0.05) is 13.3 Å². The van der Waals surface area contributed by atoms with Crippen LogP contribution in [0.15, 0.2) is 6.07 Å². The molecule has 1 aliphatic heterocycles. The third-order valence-corrected chi connectivity index (χ3v) is 4.08. The van der Waals surface area contributed by atoms with Gasteiger partial charge < -0.3 is 10.2 Å². The first-order valence-electron chi connectivity index (χ1n) is 8.01. The van der Waals surface area contributed by atoms with Crippen molar-refractivity contribution in [1.29, 1.82) is 0 Å². The standard InChI is InChI=1S/C16H26N4O/c1-4-15-14(10-12(3)18-19-15)16(21)20(5-2)11-13-8-6-7-9-17-13/h10,13,17H,4-9,11H2,1-3H3. The van der Waals surface area contributed by atoms with Crippen LogP contribution < -0.4 is 5.32 Å². The maximum atomic E-state index is 12.8. The molecule has 0 bridgehead atoms. The zero-order valence-corrected chi connectivity index (χ0v) is 13.4. The average molecular weight is 290 g/mol. The maximum Gasteiger partial charge on any atom is 0.255 e. The van der Waals surface area contributed by atoms with E-state index in [9.17, 15) is 4.79 Å². The predicted molar refractivity (Wildman–Crippen MR) is 83.4 cm³/mol. The van der Waals surface area contributed by atoms with Gasteiger partial charge in [0.15, 0.2) is 0 Å². The quantitative estimate of drug-likeness (QED) is 0.900. The molecule has 1 atom stereocenters. The van der Waals surface area contributed by atoms with Gasteiger partial charge in [0, 0.05) is 19.1 Å². The first kappa shape index (κ1) is 15.9. The van der Waals surface area contributed by atoms with Crippen molar-refractivity contribution in [3.63, 3.8) is 0 Å². The summed E-state index contributed by atoms with van der Waals surface area (Å²) in [5.74, 6) is 0.0831. The van der Waals surface area contributed by atoms with E-state index < -0.39 is 0 Å². The van der Waals surface area contributed by atoms with E-state index in [0.717, 1.165) is 43.9 Å². The zero-order valence-electron chi connectivity index (χ0n) is 13.4. The van der Waals surface area contributed by atoms with Gasteiger partial charge in [0.25, 0.3) is 5.91 Å². The second kappa shape index (κ2) is 7.50. The SMILES string of the molecule is CCc1nnc(C)cc1C(=O)N(CC)CC1CCCCN1. The van der Waals surface area contributed by atoms with Gasteiger partial charge in [-0.25, -0.2) is 0 Å². The third-order valence-electron chi connectivity index (χ3n) is 4.08. The van der Waals surface area contributed by atoms with Gasteiger partial charge in [-0.15, -0.1) is 0 Å². The summed E-state index contributed by atoms with van der Waals surface area (Å²) in [5, 5.41) is 11.7. The fraction of sp³-hybridized carbons (Fsp3) is 0.688. The van der Waals surface area contributed by atoms with Crippen LogP contribution in [0.4, 0.5) is 0 Å². The number of hydrogen-bond acceptors (Lipinski definition) is 4. The van der Waals surface area contributed by atoms with Crippen LogP contribution in [0.3, 0.4) is 0 Å². The summed E-state index contributed by atoms with van der Waals surface area (Å²) in [6.07, 6.45) is 4.37. The van der Waals surface area contributed by atoms with Crippen LogP contribution in [-0.4, -0.2) is 46.7 Å². The monoisotopic (exact) mass is 290 g/mol. The Kier molecular flexibility index (Phi) is 5.67. The van der Waals surface area contributed by atoms with Crippen LogP contribution in [0.1, 0.15) is 54.9 Å². The van der Waals surface area contributed by atoms with Crippen molar-refractivity contribution in [3.8, 4) is 0 Å². The van der Waals surface area contributed by atoms with Crippen LogP contribution in [0, 0.1) is 6.92 Å². The van der Waals surface area contributed by atoms with Crippen molar-refractivity contribution in [2.24, 2.45) is 0 Å². The molecule has 1 aromatic heterocycles. The molecule has 0 radical (unpaired) electrons. The lowest BCUT2D eigenvalue weighted by atomic mass is 10.0. The van der Waals surface area contributed by atoms with Gasteiger partial charge in [0.1, 0.15) is 0 Å². The molecule has 1 amide bonds. The molecule has 1 aromatic rings. The fourth-order valence-corrected chi connectivity index (χ4v) is 2.83. The molecule has 21 heavy (non-hydrogen) atoms. The summed E-state index contributed by atoms with van der Waals surface area (Å²) < 4.78 is 0. The van der Waals surface area contributed by atoms with Gasteiger partial charge in [-0.3, -0.25) is 4.79 Å². The van der Waals surface area contributed by atoms with E-state index in [1.165, 1.54) is 12.8 Å². The van der Waals surface area contributed by atoms with E-state index >= 15 is 0 Å². The van der Waals surface area contributed by atoms with Crippen LogP contribution >= 0.6 is 0 Å². The molecule has 0 aromatic carbocycles. The molecule has 2 rings (SSSR count). The van der Waals surface area contributed by atoms with Gasteiger partial charge >= 0.3 is 0 Å². The van der Waals surface area contributed by atoms with Crippen LogP contribution in [0.25, 0.3) is 0 Å². The molecule has 1 fully saturated rings. The van der Waals surface area contributed by atoms with E-state index in [1.54, 1.807) is 0 Å². The zero-order chi connectivity index (χ0) is 15.2. The van der Waals surface area contributed by atoms with Crippen molar-refractivity contribution < 1.29 is 4.79 Å². The van der Waals surface area contributed by atoms with Crippen molar-refractivity contribution in [1.82, 2.24) is 20.4 Å². The fourth-order valence-electron chi connectivity index (χ4n) is 2.83. The minimum atomic E-state index is 0.0831. The maximum absolute atomic E-state index is 12.8. The first-order valence-corrected chi connectivity index (χ1v) is 8.01. The Hall–Kier alpha value is -1.49. The highest BCUT2D eigenvalue weighted by atomic mass is 16.2. The highest BCUT2D eigenvalue weighted by molar-refractivity contribution is 5.95. The van der Waals surface area contributed by atoms with E-state index in [-0.39, 0.29) is 5.91 Å². The Labute approximate surface area is 127 Å². The molecule has 2 heterocycles. The lowest BCUT2D eigenvalue weighted by Gasteiger charge is -2.30. The number of rotatable bonds is 5. The molecule has 5 heteroatoms. The molecule has 0 spiro atoms. The minimum absolute atomic E-state index is 0.0831. The third kappa shape index (κ3) is 4.00. The molecule has 0 aliphatic carbocycles.